The largest absolute Gasteiger partial charge is 0.493 e. The number of nitrogens with zero attached hydrogens (tertiary/aromatic N) is 2. The number of esters is 1. The van der Waals surface area contributed by atoms with Gasteiger partial charge >= 0.3 is 5.97 Å². The monoisotopic (exact) mass is 389 g/mol. The molecule has 0 spiro atoms. The molecule has 29 heavy (non-hydrogen) atoms. The van der Waals surface area contributed by atoms with Crippen molar-refractivity contribution in [3.8, 4) is 11.5 Å². The third-order valence-electron chi connectivity index (χ3n) is 3.97. The van der Waals surface area contributed by atoms with E-state index in [1.165, 1.54) is 25.7 Å². The molecular weight excluding hydrogens is 370 g/mol. The molecule has 7 heteroatoms. The van der Waals surface area contributed by atoms with E-state index in [0.29, 0.717) is 22.4 Å². The molecule has 0 radical (unpaired) electrons. The van der Waals surface area contributed by atoms with Crippen molar-refractivity contribution in [1.82, 2.24) is 10.4 Å². The van der Waals surface area contributed by atoms with Crippen LogP contribution < -0.4 is 14.9 Å². The molecule has 0 aliphatic rings. The Labute approximate surface area is 168 Å². The molecule has 3 aromatic rings. The predicted octanol–water partition coefficient (Wildman–Crippen LogP) is 3.38. The Hall–Kier alpha value is -4.00. The molecular formula is C22H19N3O4. The molecule has 3 rings (SSSR count). The van der Waals surface area contributed by atoms with E-state index in [-0.39, 0.29) is 11.7 Å². The Kier molecular flexibility index (Phi) is 6.32. The summed E-state index contributed by atoms with van der Waals surface area (Å²) in [5.74, 6) is -0.162. The molecule has 0 saturated heterocycles. The van der Waals surface area contributed by atoms with Crippen LogP contribution in [0.2, 0.25) is 0 Å². The van der Waals surface area contributed by atoms with Crippen LogP contribution in [-0.4, -0.2) is 30.2 Å². The number of amides is 1. The van der Waals surface area contributed by atoms with Gasteiger partial charge in [-0.2, -0.15) is 5.10 Å². The van der Waals surface area contributed by atoms with E-state index in [2.05, 4.69) is 15.5 Å². The quantitative estimate of drug-likeness (QED) is 0.302. The Bertz CT molecular complexity index is 1050. The molecule has 2 aromatic carbocycles. The molecule has 0 fully saturated rings. The van der Waals surface area contributed by atoms with Gasteiger partial charge < -0.3 is 9.47 Å². The Balaban J connectivity index is 1.68. The van der Waals surface area contributed by atoms with Crippen LogP contribution in [0.15, 0.2) is 72.1 Å². The standard InChI is InChI=1S/C22H19N3O4/c1-15-4-3-5-18(12-15)22(27)29-19-7-6-16(13-20(19)28-2)14-24-25-21(26)17-8-10-23-11-9-17/h3-14H,1-2H3,(H,25,26). The molecule has 0 bridgehead atoms. The fourth-order valence-electron chi connectivity index (χ4n) is 2.51. The summed E-state index contributed by atoms with van der Waals surface area (Å²) in [5.41, 5.74) is 4.97. The van der Waals surface area contributed by atoms with Gasteiger partial charge in [0.1, 0.15) is 0 Å². The molecule has 0 unspecified atom stereocenters. The first-order valence-electron chi connectivity index (χ1n) is 8.77. The van der Waals surface area contributed by atoms with Crippen LogP contribution in [-0.2, 0) is 0 Å². The topological polar surface area (TPSA) is 89.9 Å². The van der Waals surface area contributed by atoms with Crippen molar-refractivity contribution in [2.24, 2.45) is 5.10 Å². The normalized spacial score (nSPS) is 10.6. The van der Waals surface area contributed by atoms with Crippen molar-refractivity contribution >= 4 is 18.1 Å². The number of pyridine rings is 1. The summed E-state index contributed by atoms with van der Waals surface area (Å²) in [7, 11) is 1.48. The Morgan fingerprint density at radius 2 is 1.79 bits per heavy atom. The summed E-state index contributed by atoms with van der Waals surface area (Å²) >= 11 is 0. The van der Waals surface area contributed by atoms with Crippen LogP contribution in [0.3, 0.4) is 0 Å². The predicted molar refractivity (Wildman–Crippen MR) is 108 cm³/mol. The zero-order valence-electron chi connectivity index (χ0n) is 16.0. The van der Waals surface area contributed by atoms with E-state index in [0.717, 1.165) is 5.56 Å². The maximum absolute atomic E-state index is 12.3. The maximum atomic E-state index is 12.3. The number of ether oxygens (including phenoxy) is 2. The van der Waals surface area contributed by atoms with Gasteiger partial charge in [0.2, 0.25) is 0 Å². The highest BCUT2D eigenvalue weighted by atomic mass is 16.6. The molecule has 0 aliphatic carbocycles. The van der Waals surface area contributed by atoms with Crippen LogP contribution in [0.1, 0.15) is 31.8 Å². The lowest BCUT2D eigenvalue weighted by Crippen LogP contribution is -2.17. The third-order valence-corrected chi connectivity index (χ3v) is 3.97. The first-order valence-corrected chi connectivity index (χ1v) is 8.77. The van der Waals surface area contributed by atoms with Gasteiger partial charge in [0.25, 0.3) is 5.91 Å². The van der Waals surface area contributed by atoms with Crippen LogP contribution in [0, 0.1) is 6.92 Å². The van der Waals surface area contributed by atoms with E-state index in [9.17, 15) is 9.59 Å². The van der Waals surface area contributed by atoms with Crippen molar-refractivity contribution < 1.29 is 19.1 Å². The van der Waals surface area contributed by atoms with E-state index >= 15 is 0 Å². The summed E-state index contributed by atoms with van der Waals surface area (Å²) in [6, 6.07) is 15.3. The second kappa shape index (κ2) is 9.27. The van der Waals surface area contributed by atoms with Gasteiger partial charge in [-0.3, -0.25) is 9.78 Å². The van der Waals surface area contributed by atoms with E-state index in [1.807, 2.05) is 13.0 Å². The number of hydrazone groups is 1. The molecule has 1 N–H and O–H groups in total. The van der Waals surface area contributed by atoms with Gasteiger partial charge in [0, 0.05) is 18.0 Å². The molecule has 0 saturated carbocycles. The van der Waals surface area contributed by atoms with Gasteiger partial charge in [0.05, 0.1) is 18.9 Å². The number of rotatable bonds is 6. The molecule has 1 heterocycles. The van der Waals surface area contributed by atoms with E-state index < -0.39 is 5.97 Å². The molecule has 1 aromatic heterocycles. The summed E-state index contributed by atoms with van der Waals surface area (Å²) in [4.78, 5) is 28.2. The van der Waals surface area contributed by atoms with Gasteiger partial charge in [-0.1, -0.05) is 17.7 Å². The minimum atomic E-state index is -0.474. The Morgan fingerprint density at radius 1 is 1.00 bits per heavy atom. The Morgan fingerprint density at radius 3 is 2.52 bits per heavy atom. The van der Waals surface area contributed by atoms with Gasteiger partial charge in [-0.25, -0.2) is 10.2 Å². The zero-order chi connectivity index (χ0) is 20.6. The summed E-state index contributed by atoms with van der Waals surface area (Å²) in [6.45, 7) is 1.90. The number of nitrogens with one attached hydrogen (secondary N) is 1. The lowest BCUT2D eigenvalue weighted by molar-refractivity contribution is 0.0729. The summed E-state index contributed by atoms with van der Waals surface area (Å²) in [6.07, 6.45) is 4.52. The summed E-state index contributed by atoms with van der Waals surface area (Å²) < 4.78 is 10.8. The van der Waals surface area contributed by atoms with E-state index in [1.54, 1.807) is 48.5 Å². The molecule has 146 valence electrons. The number of hydrogen-bond donors (Lipinski definition) is 1. The highest BCUT2D eigenvalue weighted by molar-refractivity contribution is 5.95. The number of carbonyl (C=O) groups is 2. The second-order valence-electron chi connectivity index (χ2n) is 6.10. The number of carbonyl (C=O) groups excluding carboxylic acids is 2. The number of hydrogen-bond acceptors (Lipinski definition) is 6. The van der Waals surface area contributed by atoms with Crippen LogP contribution in [0.25, 0.3) is 0 Å². The second-order valence-corrected chi connectivity index (χ2v) is 6.10. The number of aromatic nitrogens is 1. The molecule has 7 nitrogen and oxygen atoms in total. The molecule has 0 atom stereocenters. The fourth-order valence-corrected chi connectivity index (χ4v) is 2.51. The van der Waals surface area contributed by atoms with Gasteiger partial charge in [0.15, 0.2) is 11.5 Å². The van der Waals surface area contributed by atoms with Gasteiger partial charge in [-0.15, -0.1) is 0 Å². The van der Waals surface area contributed by atoms with Crippen LogP contribution >= 0.6 is 0 Å². The number of aryl methyl sites for hydroxylation is 1. The molecule has 0 aliphatic heterocycles. The first-order chi connectivity index (χ1) is 14.1. The van der Waals surface area contributed by atoms with Gasteiger partial charge in [-0.05, 0) is 55.0 Å². The van der Waals surface area contributed by atoms with Crippen molar-refractivity contribution in [2.45, 2.75) is 6.92 Å². The fraction of sp³-hybridized carbons (Fsp3) is 0.0909. The lowest BCUT2D eigenvalue weighted by Gasteiger charge is -2.10. The smallest absolute Gasteiger partial charge is 0.343 e. The average molecular weight is 389 g/mol. The van der Waals surface area contributed by atoms with Crippen molar-refractivity contribution in [3.05, 3.63) is 89.2 Å². The number of methoxy groups -OCH3 is 1. The van der Waals surface area contributed by atoms with Crippen molar-refractivity contribution in [1.29, 1.82) is 0 Å². The first kappa shape index (κ1) is 19.8. The highest BCUT2D eigenvalue weighted by Crippen LogP contribution is 2.28. The zero-order valence-corrected chi connectivity index (χ0v) is 16.0. The minimum Gasteiger partial charge on any atom is -0.493 e. The third kappa shape index (κ3) is 5.26. The summed E-state index contributed by atoms with van der Waals surface area (Å²) in [5, 5.41) is 3.93. The van der Waals surface area contributed by atoms with Crippen molar-refractivity contribution in [2.75, 3.05) is 7.11 Å². The lowest BCUT2D eigenvalue weighted by atomic mass is 10.1. The van der Waals surface area contributed by atoms with Crippen LogP contribution in [0.4, 0.5) is 0 Å². The van der Waals surface area contributed by atoms with Crippen molar-refractivity contribution in [3.63, 3.8) is 0 Å². The minimum absolute atomic E-state index is 0.289. The van der Waals surface area contributed by atoms with E-state index in [4.69, 9.17) is 9.47 Å². The van der Waals surface area contributed by atoms with Crippen LogP contribution in [0.5, 0.6) is 11.5 Å². The number of benzene rings is 2. The average Bonchev–Trinajstić information content (AvgIpc) is 2.75. The molecule has 1 amide bonds. The maximum Gasteiger partial charge on any atom is 0.343 e. The highest BCUT2D eigenvalue weighted by Gasteiger charge is 2.13. The SMILES string of the molecule is COc1cc(C=NNC(=O)c2ccncc2)ccc1OC(=O)c1cccc(C)c1.